The monoisotopic (exact) mass is 362 g/mol. The van der Waals surface area contributed by atoms with E-state index in [4.69, 9.17) is 0 Å². The third-order valence-electron chi connectivity index (χ3n) is 5.65. The Balaban J connectivity index is 1.42. The van der Waals surface area contributed by atoms with Crippen LogP contribution in [-0.2, 0) is 24.3 Å². The van der Waals surface area contributed by atoms with Gasteiger partial charge in [0, 0.05) is 30.8 Å². The molecule has 1 aromatic carbocycles. The lowest BCUT2D eigenvalue weighted by molar-refractivity contribution is -0.135. The lowest BCUT2D eigenvalue weighted by atomic mass is 10.1. The van der Waals surface area contributed by atoms with Crippen molar-refractivity contribution in [3.8, 4) is 11.4 Å². The molecule has 7 nitrogen and oxygen atoms in total. The smallest absolute Gasteiger partial charge is 0.244 e. The molecule has 2 aliphatic rings. The molecule has 2 unspecified atom stereocenters. The molecule has 138 valence electrons. The Labute approximate surface area is 157 Å². The minimum atomic E-state index is 0.144. The lowest BCUT2D eigenvalue weighted by Crippen LogP contribution is -2.43. The fraction of sp³-hybridized carbons (Fsp3) is 0.400. The highest BCUT2D eigenvalue weighted by molar-refractivity contribution is 5.77. The number of fused-ring (bicyclic) bond motifs is 3. The number of hydrogen-bond acceptors (Lipinski definition) is 4. The summed E-state index contributed by atoms with van der Waals surface area (Å²) in [5, 5.41) is 13.3. The highest BCUT2D eigenvalue weighted by Gasteiger charge is 2.41. The second-order valence-corrected chi connectivity index (χ2v) is 7.46. The van der Waals surface area contributed by atoms with Gasteiger partial charge in [-0.3, -0.25) is 9.48 Å². The summed E-state index contributed by atoms with van der Waals surface area (Å²) in [4.78, 5) is 15.1. The predicted octanol–water partition coefficient (Wildman–Crippen LogP) is 2.07. The molecule has 4 heterocycles. The van der Waals surface area contributed by atoms with E-state index in [-0.39, 0.29) is 18.0 Å². The fourth-order valence-electron chi connectivity index (χ4n) is 4.42. The van der Waals surface area contributed by atoms with Gasteiger partial charge in [-0.05, 0) is 25.8 Å². The van der Waals surface area contributed by atoms with Crippen LogP contribution < -0.4 is 0 Å². The number of amides is 1. The molecule has 2 atom stereocenters. The molecule has 2 aliphatic heterocycles. The van der Waals surface area contributed by atoms with Gasteiger partial charge in [0.25, 0.3) is 0 Å². The third kappa shape index (κ3) is 2.83. The Bertz CT molecular complexity index is 976. The molecule has 0 radical (unpaired) electrons. The van der Waals surface area contributed by atoms with Crippen molar-refractivity contribution in [2.75, 3.05) is 0 Å². The topological polar surface area (TPSA) is 68.8 Å². The molecule has 2 bridgehead atoms. The first-order valence-corrected chi connectivity index (χ1v) is 9.48. The number of carbonyl (C=O) groups is 1. The van der Waals surface area contributed by atoms with Crippen LogP contribution in [0.5, 0.6) is 0 Å². The molecule has 0 aliphatic carbocycles. The molecule has 1 fully saturated rings. The average molecular weight is 362 g/mol. The maximum Gasteiger partial charge on any atom is 0.244 e. The highest BCUT2D eigenvalue weighted by Crippen LogP contribution is 2.33. The Morgan fingerprint density at radius 3 is 2.70 bits per heavy atom. The van der Waals surface area contributed by atoms with Gasteiger partial charge >= 0.3 is 0 Å². The summed E-state index contributed by atoms with van der Waals surface area (Å²) in [6, 6.07) is 12.5. The predicted molar refractivity (Wildman–Crippen MR) is 99.8 cm³/mol. The van der Waals surface area contributed by atoms with Crippen LogP contribution in [-0.4, -0.2) is 47.4 Å². The molecule has 1 amide bonds. The summed E-state index contributed by atoms with van der Waals surface area (Å²) >= 11 is 0. The number of aryl methyl sites for hydroxylation is 1. The molecule has 7 heteroatoms. The van der Waals surface area contributed by atoms with Gasteiger partial charge in [0.2, 0.25) is 5.91 Å². The van der Waals surface area contributed by atoms with Crippen LogP contribution >= 0.6 is 0 Å². The zero-order valence-electron chi connectivity index (χ0n) is 15.3. The summed E-state index contributed by atoms with van der Waals surface area (Å²) in [6.45, 7) is 2.99. The molecular weight excluding hydrogens is 340 g/mol. The molecule has 3 aromatic rings. The number of rotatable bonds is 3. The van der Waals surface area contributed by atoms with Crippen LogP contribution in [0.4, 0.5) is 0 Å². The van der Waals surface area contributed by atoms with Crippen LogP contribution in [0.2, 0.25) is 0 Å². The first-order valence-electron chi connectivity index (χ1n) is 9.48. The Hall–Kier alpha value is -2.96. The Morgan fingerprint density at radius 1 is 1.11 bits per heavy atom. The van der Waals surface area contributed by atoms with Gasteiger partial charge in [0.05, 0.1) is 11.7 Å². The van der Waals surface area contributed by atoms with E-state index >= 15 is 0 Å². The Morgan fingerprint density at radius 2 is 1.93 bits per heavy atom. The Kier molecular flexibility index (Phi) is 3.81. The van der Waals surface area contributed by atoms with Crippen LogP contribution in [0.25, 0.3) is 11.4 Å². The molecule has 0 saturated carbocycles. The van der Waals surface area contributed by atoms with Crippen LogP contribution in [0, 0.1) is 6.92 Å². The van der Waals surface area contributed by atoms with Crippen molar-refractivity contribution >= 4 is 5.91 Å². The summed E-state index contributed by atoms with van der Waals surface area (Å²) in [7, 11) is 0. The van der Waals surface area contributed by atoms with E-state index in [1.807, 2.05) is 37.4 Å². The van der Waals surface area contributed by atoms with Gasteiger partial charge in [-0.2, -0.15) is 5.10 Å². The van der Waals surface area contributed by atoms with E-state index in [9.17, 15) is 4.79 Å². The highest BCUT2D eigenvalue weighted by atomic mass is 16.2. The van der Waals surface area contributed by atoms with E-state index in [0.717, 1.165) is 48.7 Å². The van der Waals surface area contributed by atoms with E-state index in [0.29, 0.717) is 6.54 Å². The van der Waals surface area contributed by atoms with Crippen molar-refractivity contribution in [2.45, 2.75) is 51.4 Å². The fourth-order valence-corrected chi connectivity index (χ4v) is 4.42. The standard InChI is InChI=1S/C20H22N6O/c1-14-9-10-24(23-14)13-19(27)26-16-7-8-17(26)12-25-18(11-16)21-22-20(25)15-5-3-2-4-6-15/h2-6,9-10,16-17H,7-8,11-13H2,1H3. The van der Waals surface area contributed by atoms with Crippen molar-refractivity contribution in [1.82, 2.24) is 29.4 Å². The molecular formula is C20H22N6O. The number of carbonyl (C=O) groups excluding carboxylic acids is 1. The van der Waals surface area contributed by atoms with E-state index in [1.54, 1.807) is 4.68 Å². The number of hydrogen-bond donors (Lipinski definition) is 0. The van der Waals surface area contributed by atoms with Crippen LogP contribution in [0.1, 0.15) is 24.4 Å². The maximum atomic E-state index is 13.0. The summed E-state index contributed by atoms with van der Waals surface area (Å²) < 4.78 is 3.94. The van der Waals surface area contributed by atoms with Gasteiger partial charge in [-0.15, -0.1) is 10.2 Å². The molecule has 2 aromatic heterocycles. The first kappa shape index (κ1) is 16.2. The second kappa shape index (κ2) is 6.33. The second-order valence-electron chi connectivity index (χ2n) is 7.46. The first-order chi connectivity index (χ1) is 13.2. The summed E-state index contributed by atoms with van der Waals surface area (Å²) in [5.41, 5.74) is 2.00. The minimum absolute atomic E-state index is 0.144. The molecule has 5 rings (SSSR count). The summed E-state index contributed by atoms with van der Waals surface area (Å²) in [5.74, 6) is 2.02. The number of nitrogens with zero attached hydrogens (tertiary/aromatic N) is 6. The van der Waals surface area contributed by atoms with Crippen molar-refractivity contribution in [1.29, 1.82) is 0 Å². The largest absolute Gasteiger partial charge is 0.333 e. The zero-order valence-corrected chi connectivity index (χ0v) is 15.3. The minimum Gasteiger partial charge on any atom is -0.333 e. The third-order valence-corrected chi connectivity index (χ3v) is 5.65. The van der Waals surface area contributed by atoms with E-state index in [1.165, 1.54) is 0 Å². The van der Waals surface area contributed by atoms with Gasteiger partial charge in [0.15, 0.2) is 5.82 Å². The molecule has 1 saturated heterocycles. The molecule has 27 heavy (non-hydrogen) atoms. The normalized spacial score (nSPS) is 21.1. The van der Waals surface area contributed by atoms with Crippen LogP contribution in [0.15, 0.2) is 42.6 Å². The number of aromatic nitrogens is 5. The van der Waals surface area contributed by atoms with Gasteiger partial charge in [-0.1, -0.05) is 30.3 Å². The quantitative estimate of drug-likeness (QED) is 0.715. The van der Waals surface area contributed by atoms with E-state index < -0.39 is 0 Å². The van der Waals surface area contributed by atoms with E-state index in [2.05, 4.69) is 36.9 Å². The van der Waals surface area contributed by atoms with Gasteiger partial charge in [-0.25, -0.2) is 0 Å². The molecule has 0 N–H and O–H groups in total. The summed E-state index contributed by atoms with van der Waals surface area (Å²) in [6.07, 6.45) is 4.69. The van der Waals surface area contributed by atoms with Crippen LogP contribution in [0.3, 0.4) is 0 Å². The SMILES string of the molecule is Cc1ccn(CC(=O)N2C3CCC2Cn2c(nnc2-c2ccccc2)C3)n1. The van der Waals surface area contributed by atoms with Gasteiger partial charge < -0.3 is 9.47 Å². The average Bonchev–Trinajstić information content (AvgIpc) is 3.33. The maximum absolute atomic E-state index is 13.0. The zero-order chi connectivity index (χ0) is 18.4. The van der Waals surface area contributed by atoms with Crippen molar-refractivity contribution in [2.24, 2.45) is 0 Å². The van der Waals surface area contributed by atoms with Crippen molar-refractivity contribution in [3.63, 3.8) is 0 Å². The molecule has 0 spiro atoms. The van der Waals surface area contributed by atoms with Crippen molar-refractivity contribution in [3.05, 3.63) is 54.1 Å². The van der Waals surface area contributed by atoms with Gasteiger partial charge in [0.1, 0.15) is 12.4 Å². The number of benzene rings is 1. The van der Waals surface area contributed by atoms with Crippen molar-refractivity contribution < 1.29 is 4.79 Å². The lowest BCUT2D eigenvalue weighted by Gasteiger charge is -2.28.